The Morgan fingerprint density at radius 1 is 1.27 bits per heavy atom. The van der Waals surface area contributed by atoms with E-state index < -0.39 is 5.91 Å². The number of nitrogens with two attached hydrogens (primary N) is 2. The van der Waals surface area contributed by atoms with Gasteiger partial charge in [-0.15, -0.1) is 0 Å². The number of nitrogens with zero attached hydrogens (tertiary/aromatic N) is 5. The highest BCUT2D eigenvalue weighted by Crippen LogP contribution is 2.21. The molecule has 0 aliphatic rings. The van der Waals surface area contributed by atoms with E-state index in [1.165, 1.54) is 11.2 Å². The van der Waals surface area contributed by atoms with Crippen molar-refractivity contribution in [3.8, 4) is 0 Å². The third-order valence-corrected chi connectivity index (χ3v) is 3.64. The molecule has 138 valence electrons. The van der Waals surface area contributed by atoms with Gasteiger partial charge in [-0.2, -0.15) is 0 Å². The molecule has 2 rings (SSSR count). The predicted octanol–water partition coefficient (Wildman–Crippen LogP) is 0.438. The quantitative estimate of drug-likeness (QED) is 0.348. The van der Waals surface area contributed by atoms with Gasteiger partial charge in [0.25, 0.3) is 5.91 Å². The molecule has 0 aliphatic heterocycles. The molecule has 10 nitrogen and oxygen atoms in total. The van der Waals surface area contributed by atoms with Gasteiger partial charge in [0.15, 0.2) is 17.3 Å². The van der Waals surface area contributed by atoms with E-state index in [9.17, 15) is 9.59 Å². The van der Waals surface area contributed by atoms with Crippen molar-refractivity contribution >= 4 is 35.3 Å². The number of aromatic nitrogens is 3. The second-order valence-electron chi connectivity index (χ2n) is 5.87. The van der Waals surface area contributed by atoms with Gasteiger partial charge >= 0.3 is 0 Å². The average Bonchev–Trinajstić information content (AvgIpc) is 2.61. The van der Waals surface area contributed by atoms with E-state index in [0.29, 0.717) is 11.5 Å². The lowest BCUT2D eigenvalue weighted by atomic mass is 10.2. The zero-order valence-corrected chi connectivity index (χ0v) is 14.9. The Hall–Kier alpha value is -3.27. The van der Waals surface area contributed by atoms with Crippen molar-refractivity contribution < 1.29 is 9.59 Å². The lowest BCUT2D eigenvalue weighted by Crippen LogP contribution is -2.40. The Bertz CT molecular complexity index is 778. The number of nitrogens with one attached hydrogen (secondary N) is 1. The lowest BCUT2D eigenvalue weighted by Gasteiger charge is -2.24. The summed E-state index contributed by atoms with van der Waals surface area (Å²) in [5.41, 5.74) is 5.95. The van der Waals surface area contributed by atoms with Gasteiger partial charge in [-0.05, 0) is 19.1 Å². The van der Waals surface area contributed by atoms with Gasteiger partial charge in [0.05, 0.1) is 24.1 Å². The summed E-state index contributed by atoms with van der Waals surface area (Å²) >= 11 is 0. The van der Waals surface area contributed by atoms with Crippen molar-refractivity contribution in [3.05, 3.63) is 30.2 Å². The molecule has 0 bridgehead atoms. The van der Waals surface area contributed by atoms with Crippen molar-refractivity contribution in [2.45, 2.75) is 19.4 Å². The molecule has 1 amide bonds. The van der Waals surface area contributed by atoms with Crippen LogP contribution < -0.4 is 26.8 Å². The van der Waals surface area contributed by atoms with Crippen molar-refractivity contribution in [2.75, 3.05) is 29.3 Å². The molecular weight excluding hydrogens is 336 g/mol. The second kappa shape index (κ2) is 8.21. The van der Waals surface area contributed by atoms with Crippen LogP contribution in [0.2, 0.25) is 0 Å². The molecule has 2 aromatic rings. The van der Waals surface area contributed by atoms with Crippen LogP contribution >= 0.6 is 0 Å². The number of carbonyl (C=O) groups is 2. The Kier molecular flexibility index (Phi) is 6.02. The van der Waals surface area contributed by atoms with E-state index in [1.807, 2.05) is 25.1 Å². The molecule has 0 fully saturated rings. The van der Waals surface area contributed by atoms with Crippen LogP contribution in [0, 0.1) is 0 Å². The number of primary amides is 1. The number of hydrogen-bond donors (Lipinski definition) is 3. The number of hydrazine groups is 1. The molecule has 1 atom stereocenters. The Labute approximate surface area is 151 Å². The van der Waals surface area contributed by atoms with Crippen molar-refractivity contribution in [1.82, 2.24) is 15.0 Å². The highest BCUT2D eigenvalue weighted by Gasteiger charge is 2.18. The summed E-state index contributed by atoms with van der Waals surface area (Å²) in [5, 5.41) is 4.29. The van der Waals surface area contributed by atoms with Crippen LogP contribution in [0.4, 0.5) is 23.1 Å². The van der Waals surface area contributed by atoms with Crippen LogP contribution in [0.25, 0.3) is 0 Å². The molecule has 5 N–H and O–H groups in total. The minimum absolute atomic E-state index is 0.0260. The lowest BCUT2D eigenvalue weighted by molar-refractivity contribution is -0.108. The van der Waals surface area contributed by atoms with Crippen LogP contribution in [0.1, 0.15) is 23.8 Å². The van der Waals surface area contributed by atoms with E-state index in [-0.39, 0.29) is 24.0 Å². The number of carbonyl (C=O) groups excluding carboxylic acids is 2. The fraction of sp³-hybridized carbons (Fsp3) is 0.312. The molecule has 10 heteroatoms. The first-order valence-corrected chi connectivity index (χ1v) is 7.88. The maximum atomic E-state index is 11.6. The summed E-state index contributed by atoms with van der Waals surface area (Å²) in [6, 6.07) is 3.32. The van der Waals surface area contributed by atoms with Crippen LogP contribution in [-0.2, 0) is 4.79 Å². The SMILES string of the molecule is CC(CC=O)N(N)c1cnc(C(N)=O)c(Nc2ccc(N(C)C)nc2)n1. The largest absolute Gasteiger partial charge is 0.364 e. The molecule has 1 unspecified atom stereocenters. The molecule has 0 saturated carbocycles. The zero-order valence-electron chi connectivity index (χ0n) is 14.9. The molecule has 0 radical (unpaired) electrons. The van der Waals surface area contributed by atoms with Gasteiger partial charge in [-0.25, -0.2) is 20.8 Å². The molecule has 2 heterocycles. The topological polar surface area (TPSA) is 143 Å². The Balaban J connectivity index is 2.33. The molecular formula is C16H22N8O2. The third kappa shape index (κ3) is 4.42. The number of aldehydes is 1. The number of hydrogen-bond acceptors (Lipinski definition) is 9. The normalized spacial score (nSPS) is 11.5. The monoisotopic (exact) mass is 358 g/mol. The van der Waals surface area contributed by atoms with E-state index in [1.54, 1.807) is 19.2 Å². The number of amides is 1. The summed E-state index contributed by atoms with van der Waals surface area (Å²) in [6.45, 7) is 1.77. The summed E-state index contributed by atoms with van der Waals surface area (Å²) in [6.07, 6.45) is 3.94. The number of pyridine rings is 1. The fourth-order valence-electron chi connectivity index (χ4n) is 2.11. The summed E-state index contributed by atoms with van der Waals surface area (Å²) in [7, 11) is 3.76. The third-order valence-electron chi connectivity index (χ3n) is 3.64. The van der Waals surface area contributed by atoms with Crippen molar-refractivity contribution in [2.24, 2.45) is 11.6 Å². The predicted molar refractivity (Wildman–Crippen MR) is 99.2 cm³/mol. The van der Waals surface area contributed by atoms with Gasteiger partial charge in [-0.1, -0.05) is 0 Å². The highest BCUT2D eigenvalue weighted by atomic mass is 16.1. The van der Waals surface area contributed by atoms with E-state index in [4.69, 9.17) is 11.6 Å². The molecule has 2 aromatic heterocycles. The molecule has 0 aromatic carbocycles. The van der Waals surface area contributed by atoms with E-state index in [2.05, 4.69) is 20.3 Å². The maximum absolute atomic E-state index is 11.6. The number of anilines is 4. The second-order valence-corrected chi connectivity index (χ2v) is 5.87. The first-order chi connectivity index (χ1) is 12.3. The first kappa shape index (κ1) is 19.1. The van der Waals surface area contributed by atoms with Gasteiger partial charge in [-0.3, -0.25) is 9.80 Å². The number of rotatable bonds is 8. The standard InChI is InChI=1S/C16H22N8O2/c1-10(6-7-25)24(18)13-9-20-14(15(17)26)16(22-13)21-11-4-5-12(19-8-11)23(2)3/h4-5,7-10H,6,18H2,1-3H3,(H2,17,26)(H,21,22). The highest BCUT2D eigenvalue weighted by molar-refractivity contribution is 5.96. The summed E-state index contributed by atoms with van der Waals surface area (Å²) in [4.78, 5) is 36.8. The molecule has 0 spiro atoms. The van der Waals surface area contributed by atoms with E-state index in [0.717, 1.165) is 12.1 Å². The Morgan fingerprint density at radius 3 is 2.54 bits per heavy atom. The van der Waals surface area contributed by atoms with Gasteiger partial charge in [0.1, 0.15) is 12.1 Å². The van der Waals surface area contributed by atoms with E-state index >= 15 is 0 Å². The summed E-state index contributed by atoms with van der Waals surface area (Å²) < 4.78 is 0. The first-order valence-electron chi connectivity index (χ1n) is 7.88. The molecule has 0 saturated heterocycles. The summed E-state index contributed by atoms with van der Waals surface area (Å²) in [5.74, 6) is 6.48. The van der Waals surface area contributed by atoms with Crippen LogP contribution in [-0.4, -0.2) is 47.3 Å². The van der Waals surface area contributed by atoms with Crippen molar-refractivity contribution in [3.63, 3.8) is 0 Å². The van der Waals surface area contributed by atoms with Gasteiger partial charge in [0.2, 0.25) is 0 Å². The van der Waals surface area contributed by atoms with Crippen LogP contribution in [0.5, 0.6) is 0 Å². The van der Waals surface area contributed by atoms with Crippen LogP contribution in [0.3, 0.4) is 0 Å². The molecule has 26 heavy (non-hydrogen) atoms. The maximum Gasteiger partial charge on any atom is 0.271 e. The smallest absolute Gasteiger partial charge is 0.271 e. The fourth-order valence-corrected chi connectivity index (χ4v) is 2.11. The Morgan fingerprint density at radius 2 is 2.00 bits per heavy atom. The van der Waals surface area contributed by atoms with Gasteiger partial charge in [0, 0.05) is 20.5 Å². The average molecular weight is 358 g/mol. The van der Waals surface area contributed by atoms with Crippen LogP contribution in [0.15, 0.2) is 24.5 Å². The van der Waals surface area contributed by atoms with Gasteiger partial charge < -0.3 is 20.7 Å². The van der Waals surface area contributed by atoms with Crippen molar-refractivity contribution in [1.29, 1.82) is 0 Å². The minimum atomic E-state index is -0.728. The minimum Gasteiger partial charge on any atom is -0.364 e. The zero-order chi connectivity index (χ0) is 19.3. The molecule has 0 aliphatic carbocycles.